The molecule has 1 fully saturated rings. The second-order valence-electron chi connectivity index (χ2n) is 4.71. The Bertz CT molecular complexity index is 496. The first-order valence-corrected chi connectivity index (χ1v) is 6.26. The maximum absolute atomic E-state index is 13.8. The smallest absolute Gasteiger partial charge is 0.318 e. The van der Waals surface area contributed by atoms with Crippen molar-refractivity contribution in [2.24, 2.45) is 0 Å². The number of amides is 1. The van der Waals surface area contributed by atoms with Crippen molar-refractivity contribution in [2.45, 2.75) is 24.9 Å². The molecule has 1 heterocycles. The summed E-state index contributed by atoms with van der Waals surface area (Å²) < 4.78 is 50.3. The molecular weight excluding hydrogens is 276 g/mol. The summed E-state index contributed by atoms with van der Waals surface area (Å²) in [6.45, 7) is 1.48. The fraction of sp³-hybridized carbons (Fsp3) is 0.462. The standard InChI is InChI=1S/C13H14F4N2O/c14-11-2-1-9(19-12(20)13(15,16)17)7-10(11)8-3-5-18-6-4-8/h1-2,7-8,18H,3-6H2,(H,19,20). The molecule has 0 aromatic heterocycles. The van der Waals surface area contributed by atoms with Gasteiger partial charge in [0, 0.05) is 5.69 Å². The van der Waals surface area contributed by atoms with Crippen molar-refractivity contribution in [3.05, 3.63) is 29.6 Å². The number of hydrogen-bond donors (Lipinski definition) is 2. The first kappa shape index (κ1) is 14.8. The third kappa shape index (κ3) is 3.47. The van der Waals surface area contributed by atoms with Crippen molar-refractivity contribution >= 4 is 11.6 Å². The topological polar surface area (TPSA) is 41.1 Å². The van der Waals surface area contributed by atoms with Crippen LogP contribution in [0.2, 0.25) is 0 Å². The first-order valence-electron chi connectivity index (χ1n) is 6.26. The monoisotopic (exact) mass is 290 g/mol. The molecule has 0 radical (unpaired) electrons. The lowest BCUT2D eigenvalue weighted by atomic mass is 9.89. The van der Waals surface area contributed by atoms with Gasteiger partial charge in [-0.25, -0.2) is 4.39 Å². The Balaban J connectivity index is 2.18. The zero-order valence-corrected chi connectivity index (χ0v) is 10.6. The summed E-state index contributed by atoms with van der Waals surface area (Å²) in [5.74, 6) is -2.55. The van der Waals surface area contributed by atoms with Gasteiger partial charge in [0.15, 0.2) is 0 Å². The molecular formula is C13H14F4N2O. The van der Waals surface area contributed by atoms with Crippen LogP contribution < -0.4 is 10.6 Å². The number of halogens is 4. The predicted molar refractivity (Wildman–Crippen MR) is 65.9 cm³/mol. The minimum absolute atomic E-state index is 0.0396. The molecule has 1 aliphatic rings. The molecule has 1 aromatic rings. The summed E-state index contributed by atoms with van der Waals surface area (Å²) in [5.41, 5.74) is 0.314. The minimum atomic E-state index is -4.96. The van der Waals surface area contributed by atoms with Crippen LogP contribution in [0.1, 0.15) is 24.3 Å². The van der Waals surface area contributed by atoms with Gasteiger partial charge in [-0.3, -0.25) is 4.79 Å². The number of hydrogen-bond acceptors (Lipinski definition) is 2. The van der Waals surface area contributed by atoms with Crippen LogP contribution in [0.3, 0.4) is 0 Å². The lowest BCUT2D eigenvalue weighted by Gasteiger charge is -2.24. The van der Waals surface area contributed by atoms with E-state index in [0.29, 0.717) is 18.4 Å². The Morgan fingerprint density at radius 3 is 2.50 bits per heavy atom. The highest BCUT2D eigenvalue weighted by atomic mass is 19.4. The quantitative estimate of drug-likeness (QED) is 0.822. The third-order valence-electron chi connectivity index (χ3n) is 3.29. The first-order chi connectivity index (χ1) is 9.38. The van der Waals surface area contributed by atoms with Gasteiger partial charge in [0.2, 0.25) is 0 Å². The van der Waals surface area contributed by atoms with Gasteiger partial charge in [-0.1, -0.05) is 0 Å². The fourth-order valence-corrected chi connectivity index (χ4v) is 2.27. The van der Waals surface area contributed by atoms with Crippen LogP contribution in [0.25, 0.3) is 0 Å². The molecule has 7 heteroatoms. The average molecular weight is 290 g/mol. The zero-order chi connectivity index (χ0) is 14.8. The summed E-state index contributed by atoms with van der Waals surface area (Å²) in [4.78, 5) is 10.9. The van der Waals surface area contributed by atoms with Gasteiger partial charge in [-0.2, -0.15) is 13.2 Å². The van der Waals surface area contributed by atoms with E-state index in [2.05, 4.69) is 5.32 Å². The van der Waals surface area contributed by atoms with Gasteiger partial charge in [-0.05, 0) is 55.6 Å². The number of benzene rings is 1. The number of anilines is 1. The summed E-state index contributed by atoms with van der Waals surface area (Å²) >= 11 is 0. The Morgan fingerprint density at radius 2 is 1.90 bits per heavy atom. The average Bonchev–Trinajstić information content (AvgIpc) is 2.41. The molecule has 0 saturated carbocycles. The normalized spacial score (nSPS) is 17.0. The lowest BCUT2D eigenvalue weighted by Crippen LogP contribution is -2.30. The van der Waals surface area contributed by atoms with E-state index >= 15 is 0 Å². The van der Waals surface area contributed by atoms with Crippen LogP contribution in [-0.2, 0) is 4.79 Å². The predicted octanol–water partition coefficient (Wildman–Crippen LogP) is 2.79. The van der Waals surface area contributed by atoms with Gasteiger partial charge in [0.05, 0.1) is 0 Å². The van der Waals surface area contributed by atoms with E-state index in [4.69, 9.17) is 0 Å². The van der Waals surface area contributed by atoms with Crippen LogP contribution in [0.5, 0.6) is 0 Å². The van der Waals surface area contributed by atoms with Crippen LogP contribution in [-0.4, -0.2) is 25.2 Å². The molecule has 0 atom stereocenters. The van der Waals surface area contributed by atoms with Crippen LogP contribution >= 0.6 is 0 Å². The van der Waals surface area contributed by atoms with Crippen molar-refractivity contribution in [1.82, 2.24) is 5.32 Å². The van der Waals surface area contributed by atoms with E-state index in [1.807, 2.05) is 0 Å². The largest absolute Gasteiger partial charge is 0.471 e. The molecule has 2 N–H and O–H groups in total. The second kappa shape index (κ2) is 5.78. The number of nitrogens with one attached hydrogen (secondary N) is 2. The molecule has 2 rings (SSSR count). The van der Waals surface area contributed by atoms with Gasteiger partial charge in [0.25, 0.3) is 0 Å². The van der Waals surface area contributed by atoms with Gasteiger partial charge in [-0.15, -0.1) is 0 Å². The molecule has 1 aliphatic heterocycles. The van der Waals surface area contributed by atoms with E-state index in [9.17, 15) is 22.4 Å². The fourth-order valence-electron chi connectivity index (χ4n) is 2.27. The van der Waals surface area contributed by atoms with Crippen LogP contribution in [0.15, 0.2) is 18.2 Å². The summed E-state index contributed by atoms with van der Waals surface area (Å²) in [6.07, 6.45) is -3.52. The maximum atomic E-state index is 13.8. The number of alkyl halides is 3. The van der Waals surface area contributed by atoms with Gasteiger partial charge < -0.3 is 10.6 Å². The molecule has 1 aromatic carbocycles. The van der Waals surface area contributed by atoms with Gasteiger partial charge in [0.1, 0.15) is 5.82 Å². The highest BCUT2D eigenvalue weighted by molar-refractivity contribution is 5.94. The number of carbonyl (C=O) groups excluding carboxylic acids is 1. The Morgan fingerprint density at radius 1 is 1.25 bits per heavy atom. The summed E-state index contributed by atoms with van der Waals surface area (Å²) in [5, 5.41) is 4.87. The highest BCUT2D eigenvalue weighted by Gasteiger charge is 2.38. The zero-order valence-electron chi connectivity index (χ0n) is 10.6. The van der Waals surface area contributed by atoms with E-state index in [0.717, 1.165) is 25.2 Å². The molecule has 1 amide bonds. The molecule has 0 bridgehead atoms. The van der Waals surface area contributed by atoms with E-state index in [1.165, 1.54) is 6.07 Å². The number of piperidine rings is 1. The van der Waals surface area contributed by atoms with Crippen molar-refractivity contribution < 1.29 is 22.4 Å². The van der Waals surface area contributed by atoms with E-state index < -0.39 is 17.9 Å². The Kier molecular flexibility index (Phi) is 4.27. The molecule has 110 valence electrons. The highest BCUT2D eigenvalue weighted by Crippen LogP contribution is 2.30. The molecule has 1 saturated heterocycles. The van der Waals surface area contributed by atoms with E-state index in [1.54, 1.807) is 5.32 Å². The number of carbonyl (C=O) groups is 1. The van der Waals surface area contributed by atoms with Gasteiger partial charge >= 0.3 is 12.1 Å². The summed E-state index contributed by atoms with van der Waals surface area (Å²) in [6, 6.07) is 3.50. The third-order valence-corrected chi connectivity index (χ3v) is 3.29. The van der Waals surface area contributed by atoms with Crippen LogP contribution in [0.4, 0.5) is 23.2 Å². The lowest BCUT2D eigenvalue weighted by molar-refractivity contribution is -0.167. The van der Waals surface area contributed by atoms with Crippen molar-refractivity contribution in [2.75, 3.05) is 18.4 Å². The number of rotatable bonds is 2. The van der Waals surface area contributed by atoms with Crippen molar-refractivity contribution in [3.8, 4) is 0 Å². The van der Waals surface area contributed by atoms with Crippen LogP contribution in [0, 0.1) is 5.82 Å². The molecule has 3 nitrogen and oxygen atoms in total. The molecule has 0 aliphatic carbocycles. The molecule has 0 unspecified atom stereocenters. The molecule has 20 heavy (non-hydrogen) atoms. The second-order valence-corrected chi connectivity index (χ2v) is 4.71. The Hall–Kier alpha value is -1.63. The molecule has 0 spiro atoms. The van der Waals surface area contributed by atoms with Crippen molar-refractivity contribution in [1.29, 1.82) is 0 Å². The minimum Gasteiger partial charge on any atom is -0.318 e. The SMILES string of the molecule is O=C(Nc1ccc(F)c(C2CCNCC2)c1)C(F)(F)F. The van der Waals surface area contributed by atoms with Crippen molar-refractivity contribution in [3.63, 3.8) is 0 Å². The maximum Gasteiger partial charge on any atom is 0.471 e. The summed E-state index contributed by atoms with van der Waals surface area (Å²) in [7, 11) is 0. The van der Waals surface area contributed by atoms with E-state index in [-0.39, 0.29) is 11.6 Å². The Labute approximate surface area is 113 Å².